The molecule has 0 saturated heterocycles. The highest BCUT2D eigenvalue weighted by molar-refractivity contribution is 5.85. The molecule has 1 aromatic heterocycles. The maximum absolute atomic E-state index is 6.38. The van der Waals surface area contributed by atoms with Crippen LogP contribution in [0.4, 0.5) is 0 Å². The molecule has 0 saturated carbocycles. The Morgan fingerprint density at radius 1 is 1.05 bits per heavy atom. The summed E-state index contributed by atoms with van der Waals surface area (Å²) < 4.78 is 0. The average molecular weight is 270 g/mol. The van der Waals surface area contributed by atoms with E-state index in [9.17, 15) is 0 Å². The van der Waals surface area contributed by atoms with Crippen molar-refractivity contribution in [2.45, 2.75) is 57.9 Å². The lowest BCUT2D eigenvalue weighted by Gasteiger charge is -2.14. The second-order valence-corrected chi connectivity index (χ2v) is 5.61. The lowest BCUT2D eigenvalue weighted by Crippen LogP contribution is -2.10. The van der Waals surface area contributed by atoms with Crippen LogP contribution in [0.2, 0.25) is 0 Å². The minimum absolute atomic E-state index is 0.146. The number of fused-ring (bicyclic) bond motifs is 1. The molecule has 0 radical (unpaired) electrons. The van der Waals surface area contributed by atoms with E-state index in [1.807, 2.05) is 12.4 Å². The zero-order chi connectivity index (χ0) is 14.2. The van der Waals surface area contributed by atoms with Crippen LogP contribution in [0.15, 0.2) is 36.7 Å². The van der Waals surface area contributed by atoms with Crippen LogP contribution >= 0.6 is 0 Å². The molecule has 1 heterocycles. The number of hydrogen-bond donors (Lipinski definition) is 1. The minimum atomic E-state index is 0.146. The second-order valence-electron chi connectivity index (χ2n) is 5.61. The van der Waals surface area contributed by atoms with E-state index in [1.165, 1.54) is 54.9 Å². The average Bonchev–Trinajstić information content (AvgIpc) is 2.50. The molecule has 0 bridgehead atoms. The van der Waals surface area contributed by atoms with E-state index in [2.05, 4.69) is 36.2 Å². The fourth-order valence-corrected chi connectivity index (χ4v) is 2.77. The molecule has 1 aromatic carbocycles. The number of nitrogens with zero attached hydrogens (tertiary/aromatic N) is 1. The molecule has 2 heteroatoms. The van der Waals surface area contributed by atoms with Crippen LogP contribution in [0, 0.1) is 0 Å². The van der Waals surface area contributed by atoms with Crippen molar-refractivity contribution in [2.75, 3.05) is 0 Å². The van der Waals surface area contributed by atoms with Gasteiger partial charge in [-0.25, -0.2) is 0 Å². The van der Waals surface area contributed by atoms with Gasteiger partial charge in [0.2, 0.25) is 0 Å². The molecule has 1 atom stereocenters. The topological polar surface area (TPSA) is 38.9 Å². The smallest absolute Gasteiger partial charge is 0.0346 e. The maximum Gasteiger partial charge on any atom is 0.0346 e. The van der Waals surface area contributed by atoms with E-state index < -0.39 is 0 Å². The fraction of sp³-hybridized carbons (Fsp3) is 0.500. The Hall–Kier alpha value is -1.41. The lowest BCUT2D eigenvalue weighted by atomic mass is 9.96. The summed E-state index contributed by atoms with van der Waals surface area (Å²) in [5.41, 5.74) is 7.64. The molecule has 0 aliphatic heterocycles. The van der Waals surface area contributed by atoms with Crippen molar-refractivity contribution in [1.82, 2.24) is 4.98 Å². The quantitative estimate of drug-likeness (QED) is 0.687. The van der Waals surface area contributed by atoms with Crippen LogP contribution < -0.4 is 5.73 Å². The fourth-order valence-electron chi connectivity index (χ4n) is 2.77. The minimum Gasteiger partial charge on any atom is -0.324 e. The normalized spacial score (nSPS) is 12.7. The second kappa shape index (κ2) is 8.01. The summed E-state index contributed by atoms with van der Waals surface area (Å²) in [5.74, 6) is 0. The molecule has 0 spiro atoms. The van der Waals surface area contributed by atoms with Gasteiger partial charge < -0.3 is 5.73 Å². The first-order chi connectivity index (χ1) is 9.83. The molecule has 2 N–H and O–H groups in total. The number of benzene rings is 1. The van der Waals surface area contributed by atoms with Crippen LogP contribution in [-0.4, -0.2) is 4.98 Å². The van der Waals surface area contributed by atoms with Crippen LogP contribution in [-0.2, 0) is 0 Å². The van der Waals surface area contributed by atoms with Gasteiger partial charge in [-0.1, -0.05) is 63.6 Å². The van der Waals surface area contributed by atoms with Gasteiger partial charge in [-0.3, -0.25) is 4.98 Å². The van der Waals surface area contributed by atoms with Crippen LogP contribution in [0.1, 0.15) is 63.5 Å². The Balaban J connectivity index is 1.89. The van der Waals surface area contributed by atoms with Gasteiger partial charge in [-0.05, 0) is 23.4 Å². The molecule has 0 fully saturated rings. The third-order valence-corrected chi connectivity index (χ3v) is 3.98. The van der Waals surface area contributed by atoms with Crippen molar-refractivity contribution >= 4 is 10.8 Å². The summed E-state index contributed by atoms with van der Waals surface area (Å²) in [6, 6.07) is 8.56. The molecule has 1 unspecified atom stereocenters. The van der Waals surface area contributed by atoms with Gasteiger partial charge in [0.05, 0.1) is 0 Å². The number of rotatable bonds is 8. The summed E-state index contributed by atoms with van der Waals surface area (Å²) in [4.78, 5) is 4.18. The Labute approximate surface area is 122 Å². The highest BCUT2D eigenvalue weighted by atomic mass is 14.6. The molecule has 0 aliphatic carbocycles. The molecular formula is C18H26N2. The van der Waals surface area contributed by atoms with Gasteiger partial charge in [0, 0.05) is 23.8 Å². The molecule has 2 rings (SSSR count). The number of pyridine rings is 1. The summed E-state index contributed by atoms with van der Waals surface area (Å²) in [6.45, 7) is 2.26. The first kappa shape index (κ1) is 15.0. The summed E-state index contributed by atoms with van der Waals surface area (Å²) in [7, 11) is 0. The van der Waals surface area contributed by atoms with Crippen LogP contribution in [0.25, 0.3) is 10.8 Å². The Morgan fingerprint density at radius 2 is 1.85 bits per heavy atom. The largest absolute Gasteiger partial charge is 0.324 e. The van der Waals surface area contributed by atoms with Crippen LogP contribution in [0.3, 0.4) is 0 Å². The standard InChI is InChI=1S/C18H26N2/c1-2-3-4-5-6-7-11-18(19)17-10-8-9-15-14-20-13-12-16(15)17/h8-10,12-14,18H,2-7,11,19H2,1H3. The van der Waals surface area contributed by atoms with E-state index in [1.54, 1.807) is 0 Å². The van der Waals surface area contributed by atoms with Gasteiger partial charge in [0.1, 0.15) is 0 Å². The van der Waals surface area contributed by atoms with E-state index >= 15 is 0 Å². The van der Waals surface area contributed by atoms with Crippen molar-refractivity contribution in [3.05, 3.63) is 42.2 Å². The van der Waals surface area contributed by atoms with Crippen molar-refractivity contribution in [3.63, 3.8) is 0 Å². The van der Waals surface area contributed by atoms with E-state index in [0.717, 1.165) is 6.42 Å². The summed E-state index contributed by atoms with van der Waals surface area (Å²) >= 11 is 0. The van der Waals surface area contributed by atoms with E-state index in [-0.39, 0.29) is 6.04 Å². The van der Waals surface area contributed by atoms with E-state index in [0.29, 0.717) is 0 Å². The summed E-state index contributed by atoms with van der Waals surface area (Å²) in [6.07, 6.45) is 12.8. The number of hydrogen-bond acceptors (Lipinski definition) is 2. The monoisotopic (exact) mass is 270 g/mol. The zero-order valence-electron chi connectivity index (χ0n) is 12.5. The predicted molar refractivity (Wildman–Crippen MR) is 86.7 cm³/mol. The number of nitrogens with two attached hydrogens (primary N) is 1. The lowest BCUT2D eigenvalue weighted by molar-refractivity contribution is 0.549. The van der Waals surface area contributed by atoms with Gasteiger partial charge in [0.15, 0.2) is 0 Å². The Kier molecular flexibility index (Phi) is 6.00. The Morgan fingerprint density at radius 3 is 2.70 bits per heavy atom. The molecule has 0 aliphatic rings. The molecule has 2 nitrogen and oxygen atoms in total. The third kappa shape index (κ3) is 4.04. The molecule has 2 aromatic rings. The highest BCUT2D eigenvalue weighted by Crippen LogP contribution is 2.25. The van der Waals surface area contributed by atoms with Crippen molar-refractivity contribution < 1.29 is 0 Å². The molecular weight excluding hydrogens is 244 g/mol. The molecule has 108 valence electrons. The Bertz CT molecular complexity index is 516. The van der Waals surface area contributed by atoms with Gasteiger partial charge in [0.25, 0.3) is 0 Å². The number of unbranched alkanes of at least 4 members (excludes halogenated alkanes) is 5. The first-order valence-electron chi connectivity index (χ1n) is 7.91. The molecule has 0 amide bonds. The first-order valence-corrected chi connectivity index (χ1v) is 7.91. The zero-order valence-corrected chi connectivity index (χ0v) is 12.5. The van der Waals surface area contributed by atoms with Crippen LogP contribution in [0.5, 0.6) is 0 Å². The SMILES string of the molecule is CCCCCCCCC(N)c1cccc2cnccc12. The van der Waals surface area contributed by atoms with Gasteiger partial charge in [-0.15, -0.1) is 0 Å². The van der Waals surface area contributed by atoms with Crippen molar-refractivity contribution in [3.8, 4) is 0 Å². The highest BCUT2D eigenvalue weighted by Gasteiger charge is 2.09. The van der Waals surface area contributed by atoms with Gasteiger partial charge in [-0.2, -0.15) is 0 Å². The van der Waals surface area contributed by atoms with Gasteiger partial charge >= 0.3 is 0 Å². The maximum atomic E-state index is 6.38. The van der Waals surface area contributed by atoms with Crippen molar-refractivity contribution in [2.24, 2.45) is 5.73 Å². The predicted octanol–water partition coefficient (Wildman–Crippen LogP) is 4.99. The molecule has 20 heavy (non-hydrogen) atoms. The van der Waals surface area contributed by atoms with E-state index in [4.69, 9.17) is 5.73 Å². The van der Waals surface area contributed by atoms with Crippen molar-refractivity contribution in [1.29, 1.82) is 0 Å². The number of aromatic nitrogens is 1. The third-order valence-electron chi connectivity index (χ3n) is 3.98. The summed E-state index contributed by atoms with van der Waals surface area (Å²) in [5, 5.41) is 2.43.